The molecular formula is C16H13ClFNO4. The van der Waals surface area contributed by atoms with Gasteiger partial charge in [-0.05, 0) is 30.3 Å². The Bertz CT molecular complexity index is 736. The molecule has 0 unspecified atom stereocenters. The number of hydrogen-bond donors (Lipinski definition) is 1. The van der Waals surface area contributed by atoms with Crippen LogP contribution in [0.25, 0.3) is 0 Å². The number of hydrogen-bond acceptors (Lipinski definition) is 4. The number of esters is 1. The molecule has 0 aliphatic carbocycles. The van der Waals surface area contributed by atoms with Crippen LogP contribution in [0.5, 0.6) is 5.75 Å². The molecule has 0 radical (unpaired) electrons. The Morgan fingerprint density at radius 2 is 1.96 bits per heavy atom. The molecule has 0 heterocycles. The third kappa shape index (κ3) is 4.43. The van der Waals surface area contributed by atoms with Crippen molar-refractivity contribution >= 4 is 29.2 Å². The van der Waals surface area contributed by atoms with Crippen molar-refractivity contribution in [3.05, 3.63) is 58.9 Å². The molecule has 2 rings (SSSR count). The number of para-hydroxylation sites is 1. The second-order valence-electron chi connectivity index (χ2n) is 4.45. The number of rotatable bonds is 5. The van der Waals surface area contributed by atoms with Gasteiger partial charge in [-0.15, -0.1) is 0 Å². The normalized spacial score (nSPS) is 10.0. The van der Waals surface area contributed by atoms with Crippen molar-refractivity contribution in [2.75, 3.05) is 19.0 Å². The van der Waals surface area contributed by atoms with E-state index in [1.165, 1.54) is 19.2 Å². The van der Waals surface area contributed by atoms with Crippen molar-refractivity contribution in [3.63, 3.8) is 0 Å². The standard InChI is InChI=1S/C16H13ClFNO4/c1-22-16(21)10-6-7-12(18)13(8-10)19-15(20)9-23-14-5-3-2-4-11(14)17/h2-8H,9H2,1H3,(H,19,20). The summed E-state index contributed by atoms with van der Waals surface area (Å²) in [6.45, 7) is -0.356. The summed E-state index contributed by atoms with van der Waals surface area (Å²) < 4.78 is 23.5. The average Bonchev–Trinajstić information content (AvgIpc) is 2.55. The summed E-state index contributed by atoms with van der Waals surface area (Å²) in [5.41, 5.74) is -0.0168. The van der Waals surface area contributed by atoms with Crippen molar-refractivity contribution in [1.29, 1.82) is 0 Å². The largest absolute Gasteiger partial charge is 0.482 e. The number of halogens is 2. The topological polar surface area (TPSA) is 64.6 Å². The van der Waals surface area contributed by atoms with Crippen LogP contribution in [-0.2, 0) is 9.53 Å². The Labute approximate surface area is 137 Å². The maximum atomic E-state index is 13.7. The number of methoxy groups -OCH3 is 1. The molecule has 1 N–H and O–H groups in total. The van der Waals surface area contributed by atoms with Gasteiger partial charge in [0.2, 0.25) is 0 Å². The number of anilines is 1. The first-order valence-corrected chi connectivity index (χ1v) is 6.94. The molecular weight excluding hydrogens is 325 g/mol. The Morgan fingerprint density at radius 3 is 2.65 bits per heavy atom. The Kier molecular flexibility index (Phi) is 5.54. The zero-order chi connectivity index (χ0) is 16.8. The second kappa shape index (κ2) is 7.60. The van der Waals surface area contributed by atoms with Gasteiger partial charge in [-0.2, -0.15) is 0 Å². The summed E-state index contributed by atoms with van der Waals surface area (Å²) >= 11 is 5.90. The van der Waals surface area contributed by atoms with Crippen molar-refractivity contribution in [1.82, 2.24) is 0 Å². The van der Waals surface area contributed by atoms with Crippen LogP contribution in [0, 0.1) is 5.82 Å². The molecule has 0 aliphatic rings. The fraction of sp³-hybridized carbons (Fsp3) is 0.125. The van der Waals surface area contributed by atoms with E-state index in [1.54, 1.807) is 24.3 Å². The lowest BCUT2D eigenvalue weighted by Gasteiger charge is -2.10. The molecule has 5 nitrogen and oxygen atoms in total. The highest BCUT2D eigenvalue weighted by Crippen LogP contribution is 2.23. The van der Waals surface area contributed by atoms with Crippen LogP contribution < -0.4 is 10.1 Å². The first kappa shape index (κ1) is 16.8. The van der Waals surface area contributed by atoms with E-state index in [1.807, 2.05) is 0 Å². The Hall–Kier alpha value is -2.60. The fourth-order valence-corrected chi connectivity index (χ4v) is 1.95. The molecule has 1 amide bonds. The maximum Gasteiger partial charge on any atom is 0.337 e. The van der Waals surface area contributed by atoms with Gasteiger partial charge in [-0.3, -0.25) is 4.79 Å². The first-order chi connectivity index (χ1) is 11.0. The number of nitrogens with one attached hydrogen (secondary N) is 1. The SMILES string of the molecule is COC(=O)c1ccc(F)c(NC(=O)COc2ccccc2Cl)c1. The van der Waals surface area contributed by atoms with Crippen molar-refractivity contribution in [2.45, 2.75) is 0 Å². The smallest absolute Gasteiger partial charge is 0.337 e. The zero-order valence-corrected chi connectivity index (χ0v) is 12.9. The molecule has 7 heteroatoms. The van der Waals surface area contributed by atoms with Crippen LogP contribution in [0.1, 0.15) is 10.4 Å². The number of ether oxygens (including phenoxy) is 2. The minimum Gasteiger partial charge on any atom is -0.482 e. The number of carbonyl (C=O) groups is 2. The predicted octanol–water partition coefficient (Wildman–Crippen LogP) is 3.28. The van der Waals surface area contributed by atoms with Crippen LogP contribution in [-0.4, -0.2) is 25.6 Å². The van der Waals surface area contributed by atoms with E-state index >= 15 is 0 Å². The minimum absolute atomic E-state index is 0.122. The van der Waals surface area contributed by atoms with E-state index in [0.29, 0.717) is 10.8 Å². The zero-order valence-electron chi connectivity index (χ0n) is 12.1. The van der Waals surface area contributed by atoms with Crippen LogP contribution in [0.15, 0.2) is 42.5 Å². The minimum atomic E-state index is -0.677. The highest BCUT2D eigenvalue weighted by molar-refractivity contribution is 6.32. The third-order valence-corrected chi connectivity index (χ3v) is 3.17. The molecule has 0 atom stereocenters. The van der Waals surface area contributed by atoms with Gasteiger partial charge >= 0.3 is 5.97 Å². The maximum absolute atomic E-state index is 13.7. The molecule has 0 aliphatic heterocycles. The molecule has 0 bridgehead atoms. The molecule has 2 aromatic carbocycles. The van der Waals surface area contributed by atoms with E-state index in [-0.39, 0.29) is 17.9 Å². The summed E-state index contributed by atoms with van der Waals surface area (Å²) in [5, 5.41) is 2.69. The van der Waals surface area contributed by atoms with Gasteiger partial charge in [0, 0.05) is 0 Å². The van der Waals surface area contributed by atoms with Crippen molar-refractivity contribution < 1.29 is 23.5 Å². The predicted molar refractivity (Wildman–Crippen MR) is 83.3 cm³/mol. The average molecular weight is 338 g/mol. The molecule has 23 heavy (non-hydrogen) atoms. The Balaban J connectivity index is 2.02. The molecule has 0 fully saturated rings. The summed E-state index contributed by atoms with van der Waals surface area (Å²) in [6.07, 6.45) is 0. The lowest BCUT2D eigenvalue weighted by Crippen LogP contribution is -2.21. The van der Waals surface area contributed by atoms with Crippen LogP contribution in [0.3, 0.4) is 0 Å². The quantitative estimate of drug-likeness (QED) is 0.850. The summed E-state index contributed by atoms with van der Waals surface area (Å²) in [7, 11) is 1.21. The van der Waals surface area contributed by atoms with Crippen molar-refractivity contribution in [3.8, 4) is 5.75 Å². The van der Waals surface area contributed by atoms with Gasteiger partial charge in [0.05, 0.1) is 23.4 Å². The summed E-state index contributed by atoms with van der Waals surface area (Å²) in [6, 6.07) is 10.2. The number of carbonyl (C=O) groups excluding carboxylic acids is 2. The van der Waals surface area contributed by atoms with E-state index in [0.717, 1.165) is 6.07 Å². The van der Waals surface area contributed by atoms with Crippen molar-refractivity contribution in [2.24, 2.45) is 0 Å². The summed E-state index contributed by atoms with van der Waals surface area (Å²) in [5.74, 6) is -1.56. The second-order valence-corrected chi connectivity index (χ2v) is 4.86. The molecule has 0 spiro atoms. The van der Waals surface area contributed by atoms with Crippen LogP contribution in [0.4, 0.5) is 10.1 Å². The molecule has 120 valence electrons. The third-order valence-electron chi connectivity index (χ3n) is 2.86. The number of amides is 1. The summed E-state index contributed by atoms with van der Waals surface area (Å²) in [4.78, 5) is 23.3. The molecule has 0 aromatic heterocycles. The monoisotopic (exact) mass is 337 g/mol. The van der Waals surface area contributed by atoms with Gasteiger partial charge in [0.15, 0.2) is 6.61 Å². The number of benzene rings is 2. The van der Waals surface area contributed by atoms with Gasteiger partial charge in [0.25, 0.3) is 5.91 Å². The van der Waals surface area contributed by atoms with E-state index in [4.69, 9.17) is 16.3 Å². The Morgan fingerprint density at radius 1 is 1.22 bits per heavy atom. The van der Waals surface area contributed by atoms with Gasteiger partial charge in [-0.1, -0.05) is 23.7 Å². The van der Waals surface area contributed by atoms with E-state index in [2.05, 4.69) is 10.1 Å². The molecule has 2 aromatic rings. The highest BCUT2D eigenvalue weighted by Gasteiger charge is 2.13. The van der Waals surface area contributed by atoms with E-state index < -0.39 is 17.7 Å². The van der Waals surface area contributed by atoms with Gasteiger partial charge in [-0.25, -0.2) is 9.18 Å². The lowest BCUT2D eigenvalue weighted by atomic mass is 10.2. The van der Waals surface area contributed by atoms with Crippen LogP contribution in [0.2, 0.25) is 5.02 Å². The molecule has 0 saturated carbocycles. The van der Waals surface area contributed by atoms with Gasteiger partial charge in [0.1, 0.15) is 11.6 Å². The molecule has 0 saturated heterocycles. The lowest BCUT2D eigenvalue weighted by molar-refractivity contribution is -0.118. The van der Waals surface area contributed by atoms with Crippen LogP contribution >= 0.6 is 11.6 Å². The van der Waals surface area contributed by atoms with E-state index in [9.17, 15) is 14.0 Å². The fourth-order valence-electron chi connectivity index (χ4n) is 1.76. The van der Waals surface area contributed by atoms with Gasteiger partial charge < -0.3 is 14.8 Å². The first-order valence-electron chi connectivity index (χ1n) is 6.56. The highest BCUT2D eigenvalue weighted by atomic mass is 35.5.